The van der Waals surface area contributed by atoms with E-state index in [1.807, 2.05) is 38.1 Å². The van der Waals surface area contributed by atoms with Crippen molar-refractivity contribution in [1.82, 2.24) is 5.32 Å². The Morgan fingerprint density at radius 1 is 1.25 bits per heavy atom. The topological polar surface area (TPSA) is 61.7 Å². The highest BCUT2D eigenvalue weighted by atomic mass is 16.5. The molecule has 3 N–H and O–H groups in total. The maximum Gasteiger partial charge on any atom is 0.122 e. The maximum atomic E-state index is 9.42. The van der Waals surface area contributed by atoms with Crippen LogP contribution in [0.3, 0.4) is 0 Å². The number of likely N-dealkylation sites (N-methyl/N-ethyl adjacent to an activating group) is 1. The van der Waals surface area contributed by atoms with Crippen molar-refractivity contribution < 1.29 is 14.9 Å². The average molecular weight is 281 g/mol. The third-order valence-electron chi connectivity index (χ3n) is 3.44. The van der Waals surface area contributed by atoms with Crippen molar-refractivity contribution in [2.24, 2.45) is 0 Å². The molecule has 1 rings (SSSR count). The average Bonchev–Trinajstić information content (AvgIpc) is 2.46. The monoisotopic (exact) mass is 281 g/mol. The van der Waals surface area contributed by atoms with Crippen molar-refractivity contribution in [3.8, 4) is 5.75 Å². The molecule has 0 radical (unpaired) electrons. The van der Waals surface area contributed by atoms with Gasteiger partial charge in [0.15, 0.2) is 0 Å². The number of nitrogens with one attached hydrogen (secondary N) is 1. The van der Waals surface area contributed by atoms with E-state index in [0.717, 1.165) is 30.7 Å². The lowest BCUT2D eigenvalue weighted by Gasteiger charge is -2.28. The quantitative estimate of drug-likeness (QED) is 0.572. The number of ether oxygens (including phenoxy) is 1. The fourth-order valence-corrected chi connectivity index (χ4v) is 2.27. The minimum absolute atomic E-state index is 0.127. The second kappa shape index (κ2) is 8.95. The molecular formula is C16H27NO3. The molecular weight excluding hydrogens is 254 g/mol. The van der Waals surface area contributed by atoms with E-state index in [2.05, 4.69) is 5.32 Å². The minimum Gasteiger partial charge on any atom is -0.493 e. The van der Waals surface area contributed by atoms with Crippen LogP contribution in [0, 0.1) is 0 Å². The third kappa shape index (κ3) is 5.49. The van der Waals surface area contributed by atoms with Gasteiger partial charge in [-0.05, 0) is 44.4 Å². The summed E-state index contributed by atoms with van der Waals surface area (Å²) in [5.41, 5.74) is 0.800. The summed E-state index contributed by atoms with van der Waals surface area (Å²) in [6, 6.07) is 7.79. The smallest absolute Gasteiger partial charge is 0.122 e. The summed E-state index contributed by atoms with van der Waals surface area (Å²) < 4.78 is 5.79. The summed E-state index contributed by atoms with van der Waals surface area (Å²) in [6.45, 7) is 5.78. The Balaban J connectivity index is 2.41. The summed E-state index contributed by atoms with van der Waals surface area (Å²) in [5, 5.41) is 21.7. The van der Waals surface area contributed by atoms with Crippen LogP contribution in [0.2, 0.25) is 0 Å². The Hall–Kier alpha value is -1.10. The normalized spacial score (nSPS) is 14.0. The molecule has 0 fully saturated rings. The zero-order chi connectivity index (χ0) is 14.8. The Morgan fingerprint density at radius 2 is 2.00 bits per heavy atom. The zero-order valence-electron chi connectivity index (χ0n) is 12.6. The number of hydrogen-bond donors (Lipinski definition) is 3. The van der Waals surface area contributed by atoms with E-state index in [-0.39, 0.29) is 18.8 Å². The van der Waals surface area contributed by atoms with E-state index < -0.39 is 0 Å². The van der Waals surface area contributed by atoms with Gasteiger partial charge in [0.25, 0.3) is 0 Å². The van der Waals surface area contributed by atoms with Crippen molar-refractivity contribution in [1.29, 1.82) is 0 Å². The maximum absolute atomic E-state index is 9.42. The van der Waals surface area contributed by atoms with E-state index >= 15 is 0 Å². The van der Waals surface area contributed by atoms with Gasteiger partial charge in [-0.3, -0.25) is 0 Å². The van der Waals surface area contributed by atoms with E-state index in [1.165, 1.54) is 0 Å². The fourth-order valence-electron chi connectivity index (χ4n) is 2.27. The third-order valence-corrected chi connectivity index (χ3v) is 3.44. The molecule has 0 spiro atoms. The molecule has 0 bridgehead atoms. The molecule has 4 heteroatoms. The first-order chi connectivity index (χ1) is 9.65. The molecule has 1 unspecified atom stereocenters. The van der Waals surface area contributed by atoms with E-state index in [1.54, 1.807) is 0 Å². The van der Waals surface area contributed by atoms with E-state index in [9.17, 15) is 5.11 Å². The Bertz CT molecular complexity index is 384. The molecule has 4 nitrogen and oxygen atoms in total. The number of rotatable bonds is 10. The SMILES string of the molecule is CCNC(C)(CO)CCCOc1ccccc1CCO. The van der Waals surface area contributed by atoms with E-state index in [0.29, 0.717) is 13.0 Å². The molecule has 0 aromatic heterocycles. The van der Waals surface area contributed by atoms with Crippen LogP contribution in [-0.4, -0.2) is 42.1 Å². The van der Waals surface area contributed by atoms with Crippen molar-refractivity contribution >= 4 is 0 Å². The number of benzene rings is 1. The Kier molecular flexibility index (Phi) is 7.59. The van der Waals surface area contributed by atoms with Crippen molar-refractivity contribution in [3.05, 3.63) is 29.8 Å². The number of aliphatic hydroxyl groups excluding tert-OH is 2. The molecule has 0 aliphatic carbocycles. The first-order valence-electron chi connectivity index (χ1n) is 7.32. The standard InChI is InChI=1S/C16H27NO3/c1-3-17-16(2,13-19)10-6-12-20-15-8-5-4-7-14(15)9-11-18/h4-5,7-8,17-19H,3,6,9-13H2,1-2H3. The van der Waals surface area contributed by atoms with E-state index in [4.69, 9.17) is 9.84 Å². The largest absolute Gasteiger partial charge is 0.493 e. The van der Waals surface area contributed by atoms with Gasteiger partial charge < -0.3 is 20.3 Å². The summed E-state index contributed by atoms with van der Waals surface area (Å²) in [5.74, 6) is 0.843. The van der Waals surface area contributed by atoms with Crippen molar-refractivity contribution in [2.75, 3.05) is 26.4 Å². The van der Waals surface area contributed by atoms with Gasteiger partial charge in [0.2, 0.25) is 0 Å². The summed E-state index contributed by atoms with van der Waals surface area (Å²) in [6.07, 6.45) is 2.35. The van der Waals surface area contributed by atoms with Gasteiger partial charge >= 0.3 is 0 Å². The molecule has 0 aliphatic heterocycles. The molecule has 1 atom stereocenters. The predicted octanol–water partition coefficient (Wildman–Crippen LogP) is 1.74. The van der Waals surface area contributed by atoms with Crippen LogP contribution in [0.5, 0.6) is 5.75 Å². The molecule has 0 heterocycles. The van der Waals surface area contributed by atoms with Crippen LogP contribution in [0.25, 0.3) is 0 Å². The molecule has 0 saturated heterocycles. The Morgan fingerprint density at radius 3 is 2.65 bits per heavy atom. The van der Waals surface area contributed by atoms with Gasteiger partial charge in [-0.15, -0.1) is 0 Å². The van der Waals surface area contributed by atoms with Crippen molar-refractivity contribution in [2.45, 2.75) is 38.6 Å². The summed E-state index contributed by atoms with van der Waals surface area (Å²) >= 11 is 0. The molecule has 20 heavy (non-hydrogen) atoms. The zero-order valence-corrected chi connectivity index (χ0v) is 12.6. The van der Waals surface area contributed by atoms with Crippen LogP contribution in [0.4, 0.5) is 0 Å². The second-order valence-electron chi connectivity index (χ2n) is 5.28. The van der Waals surface area contributed by atoms with Gasteiger partial charge in [0.05, 0.1) is 13.2 Å². The highest BCUT2D eigenvalue weighted by Gasteiger charge is 2.21. The van der Waals surface area contributed by atoms with Crippen LogP contribution >= 0.6 is 0 Å². The minimum atomic E-state index is -0.233. The molecule has 0 amide bonds. The van der Waals surface area contributed by atoms with Crippen LogP contribution in [-0.2, 0) is 6.42 Å². The molecule has 0 aliphatic rings. The first-order valence-corrected chi connectivity index (χ1v) is 7.32. The van der Waals surface area contributed by atoms with Gasteiger partial charge in [0.1, 0.15) is 5.75 Å². The van der Waals surface area contributed by atoms with Crippen LogP contribution in [0.1, 0.15) is 32.3 Å². The lowest BCUT2D eigenvalue weighted by atomic mass is 9.97. The molecule has 0 saturated carbocycles. The number of hydrogen-bond acceptors (Lipinski definition) is 4. The van der Waals surface area contributed by atoms with Crippen LogP contribution in [0.15, 0.2) is 24.3 Å². The summed E-state index contributed by atoms with van der Waals surface area (Å²) in [7, 11) is 0. The summed E-state index contributed by atoms with van der Waals surface area (Å²) in [4.78, 5) is 0. The second-order valence-corrected chi connectivity index (χ2v) is 5.28. The highest BCUT2D eigenvalue weighted by Crippen LogP contribution is 2.19. The molecule has 1 aromatic carbocycles. The lowest BCUT2D eigenvalue weighted by Crippen LogP contribution is -2.45. The molecule has 114 valence electrons. The van der Waals surface area contributed by atoms with Gasteiger partial charge in [-0.1, -0.05) is 25.1 Å². The van der Waals surface area contributed by atoms with Gasteiger partial charge in [0, 0.05) is 12.1 Å². The predicted molar refractivity (Wildman–Crippen MR) is 81.1 cm³/mol. The fraction of sp³-hybridized carbons (Fsp3) is 0.625. The van der Waals surface area contributed by atoms with Gasteiger partial charge in [-0.25, -0.2) is 0 Å². The highest BCUT2D eigenvalue weighted by molar-refractivity contribution is 5.33. The number of para-hydroxylation sites is 1. The lowest BCUT2D eigenvalue weighted by molar-refractivity contribution is 0.157. The Labute approximate surface area is 121 Å². The first kappa shape index (κ1) is 17.0. The molecule has 1 aromatic rings. The van der Waals surface area contributed by atoms with Crippen LogP contribution < -0.4 is 10.1 Å². The van der Waals surface area contributed by atoms with Crippen molar-refractivity contribution in [3.63, 3.8) is 0 Å². The number of aliphatic hydroxyl groups is 2. The van der Waals surface area contributed by atoms with Gasteiger partial charge in [-0.2, -0.15) is 0 Å².